The first-order valence-electron chi connectivity index (χ1n) is 9.13. The number of rotatable bonds is 5. The van der Waals surface area contributed by atoms with Crippen molar-refractivity contribution in [2.75, 3.05) is 11.9 Å². The van der Waals surface area contributed by atoms with Crippen molar-refractivity contribution in [1.29, 1.82) is 0 Å². The van der Waals surface area contributed by atoms with Crippen LogP contribution in [0.25, 0.3) is 11.3 Å². The first-order chi connectivity index (χ1) is 13.6. The molecule has 0 bridgehead atoms. The van der Waals surface area contributed by atoms with Crippen LogP contribution in [0.2, 0.25) is 0 Å². The van der Waals surface area contributed by atoms with Crippen molar-refractivity contribution < 1.29 is 19.1 Å². The Morgan fingerprint density at radius 1 is 1.29 bits per heavy atom. The maximum Gasteiger partial charge on any atom is 0.342 e. The average Bonchev–Trinajstić information content (AvgIpc) is 3.19. The summed E-state index contributed by atoms with van der Waals surface area (Å²) in [6, 6.07) is 9.50. The van der Waals surface area contributed by atoms with Gasteiger partial charge in [0, 0.05) is 29.8 Å². The highest BCUT2D eigenvalue weighted by Gasteiger charge is 2.30. The number of amides is 2. The lowest BCUT2D eigenvalue weighted by Crippen LogP contribution is -2.30. The molecule has 0 atom stereocenters. The van der Waals surface area contributed by atoms with E-state index in [0.717, 1.165) is 18.5 Å². The van der Waals surface area contributed by atoms with Crippen LogP contribution in [-0.4, -0.2) is 33.4 Å². The number of hydrogen-bond donors (Lipinski definition) is 3. The molecule has 1 aliphatic rings. The summed E-state index contributed by atoms with van der Waals surface area (Å²) in [4.78, 5) is 24.3. The van der Waals surface area contributed by atoms with E-state index in [4.69, 9.17) is 4.42 Å². The van der Waals surface area contributed by atoms with Gasteiger partial charge in [0.2, 0.25) is 0 Å². The number of aromatic nitrogens is 2. The van der Waals surface area contributed by atoms with Gasteiger partial charge in [0.1, 0.15) is 5.75 Å². The molecule has 1 aromatic carbocycles. The average molecular weight is 380 g/mol. The predicted molar refractivity (Wildman–Crippen MR) is 102 cm³/mol. The summed E-state index contributed by atoms with van der Waals surface area (Å²) < 4.78 is 6.43. The Labute approximate surface area is 161 Å². The van der Waals surface area contributed by atoms with Crippen molar-refractivity contribution in [3.05, 3.63) is 54.1 Å². The Morgan fingerprint density at radius 2 is 2.11 bits per heavy atom. The number of carbonyl (C=O) groups is 2. The Hall–Kier alpha value is -3.55. The highest BCUT2D eigenvalue weighted by molar-refractivity contribution is 6.02. The van der Waals surface area contributed by atoms with Gasteiger partial charge >= 0.3 is 6.03 Å². The molecule has 0 saturated heterocycles. The van der Waals surface area contributed by atoms with Gasteiger partial charge in [0.05, 0.1) is 17.7 Å². The zero-order valence-electron chi connectivity index (χ0n) is 15.3. The van der Waals surface area contributed by atoms with Crippen LogP contribution in [0.3, 0.4) is 0 Å². The number of anilines is 1. The molecule has 8 nitrogen and oxygen atoms in total. The number of furan rings is 1. The number of phenolic OH excluding ortho intramolecular Hbond substituents is 1. The topological polar surface area (TPSA) is 109 Å². The van der Waals surface area contributed by atoms with Gasteiger partial charge in [-0.1, -0.05) is 0 Å². The van der Waals surface area contributed by atoms with Crippen LogP contribution in [0.1, 0.15) is 41.9 Å². The fraction of sp³-hybridized carbons (Fsp3) is 0.250. The van der Waals surface area contributed by atoms with Gasteiger partial charge in [-0.05, 0) is 50.1 Å². The summed E-state index contributed by atoms with van der Waals surface area (Å²) in [7, 11) is 0. The normalized spacial score (nSPS) is 13.3. The molecule has 0 spiro atoms. The number of nitrogens with one attached hydrogen (secondary N) is 2. The SMILES string of the molecule is CCNC(=O)n1nc(-c2ccc(NC(=O)c3ccco3)cc2O)cc1C1CC1. The Balaban J connectivity index is 1.60. The van der Waals surface area contributed by atoms with E-state index >= 15 is 0 Å². The van der Waals surface area contributed by atoms with Crippen LogP contribution in [0.4, 0.5) is 10.5 Å². The molecule has 2 aromatic heterocycles. The molecular weight excluding hydrogens is 360 g/mol. The second-order valence-electron chi connectivity index (χ2n) is 6.64. The van der Waals surface area contributed by atoms with Gasteiger partial charge in [0.15, 0.2) is 5.76 Å². The van der Waals surface area contributed by atoms with E-state index in [2.05, 4.69) is 15.7 Å². The lowest BCUT2D eigenvalue weighted by Gasteiger charge is -2.07. The second kappa shape index (κ2) is 7.22. The molecule has 2 amide bonds. The number of phenols is 1. The number of aromatic hydroxyl groups is 1. The van der Waals surface area contributed by atoms with Crippen molar-refractivity contribution >= 4 is 17.6 Å². The van der Waals surface area contributed by atoms with E-state index in [1.165, 1.54) is 17.0 Å². The minimum atomic E-state index is -0.409. The molecule has 1 aliphatic carbocycles. The number of carbonyl (C=O) groups excluding carboxylic acids is 2. The van der Waals surface area contributed by atoms with Crippen LogP contribution < -0.4 is 10.6 Å². The van der Waals surface area contributed by atoms with Crippen LogP contribution in [0, 0.1) is 0 Å². The molecule has 144 valence electrons. The van der Waals surface area contributed by atoms with Crippen molar-refractivity contribution in [1.82, 2.24) is 15.1 Å². The van der Waals surface area contributed by atoms with Crippen molar-refractivity contribution in [2.24, 2.45) is 0 Å². The molecule has 3 aromatic rings. The smallest absolute Gasteiger partial charge is 0.342 e. The highest BCUT2D eigenvalue weighted by Crippen LogP contribution is 2.42. The molecule has 0 radical (unpaired) electrons. The summed E-state index contributed by atoms with van der Waals surface area (Å²) in [5, 5.41) is 20.3. The van der Waals surface area contributed by atoms with Crippen LogP contribution in [-0.2, 0) is 0 Å². The molecule has 4 rings (SSSR count). The Morgan fingerprint density at radius 3 is 2.75 bits per heavy atom. The largest absolute Gasteiger partial charge is 0.507 e. The number of benzene rings is 1. The van der Waals surface area contributed by atoms with Gasteiger partial charge in [0.25, 0.3) is 5.91 Å². The molecule has 3 N–H and O–H groups in total. The van der Waals surface area contributed by atoms with Gasteiger partial charge in [-0.15, -0.1) is 0 Å². The molecule has 1 fully saturated rings. The van der Waals surface area contributed by atoms with E-state index < -0.39 is 5.91 Å². The molecule has 2 heterocycles. The standard InChI is InChI=1S/C20H20N4O4/c1-2-21-20(27)24-16(12-5-6-12)11-15(23-24)14-8-7-13(10-17(14)25)22-19(26)18-4-3-9-28-18/h3-4,7-12,25H,2,5-6H2,1H3,(H,21,27)(H,22,26). The molecular formula is C20H20N4O4. The third-order valence-electron chi connectivity index (χ3n) is 4.53. The van der Waals surface area contributed by atoms with Crippen LogP contribution >= 0.6 is 0 Å². The van der Waals surface area contributed by atoms with Crippen molar-refractivity contribution in [3.8, 4) is 17.0 Å². The summed E-state index contributed by atoms with van der Waals surface area (Å²) in [5.74, 6) is 0.0463. The summed E-state index contributed by atoms with van der Waals surface area (Å²) >= 11 is 0. The maximum absolute atomic E-state index is 12.3. The molecule has 8 heteroatoms. The monoisotopic (exact) mass is 380 g/mol. The predicted octanol–water partition coefficient (Wildman–Crippen LogP) is 3.56. The fourth-order valence-electron chi connectivity index (χ4n) is 3.01. The quantitative estimate of drug-likeness (QED) is 0.627. The van der Waals surface area contributed by atoms with Gasteiger partial charge < -0.3 is 20.2 Å². The zero-order valence-corrected chi connectivity index (χ0v) is 15.3. The molecule has 28 heavy (non-hydrogen) atoms. The number of nitrogens with zero attached hydrogens (tertiary/aromatic N) is 2. The fourth-order valence-corrected chi connectivity index (χ4v) is 3.01. The highest BCUT2D eigenvalue weighted by atomic mass is 16.3. The summed E-state index contributed by atoms with van der Waals surface area (Å²) in [5.41, 5.74) is 2.26. The van der Waals surface area contributed by atoms with Gasteiger partial charge in [-0.2, -0.15) is 9.78 Å². The maximum atomic E-state index is 12.3. The lowest BCUT2D eigenvalue weighted by atomic mass is 10.1. The third-order valence-corrected chi connectivity index (χ3v) is 4.53. The molecule has 0 aliphatic heterocycles. The van der Waals surface area contributed by atoms with Crippen LogP contribution in [0.15, 0.2) is 47.1 Å². The van der Waals surface area contributed by atoms with Crippen molar-refractivity contribution in [2.45, 2.75) is 25.7 Å². The number of hydrogen-bond acceptors (Lipinski definition) is 5. The summed E-state index contributed by atoms with van der Waals surface area (Å²) in [6.45, 7) is 2.36. The minimum Gasteiger partial charge on any atom is -0.507 e. The minimum absolute atomic E-state index is 0.0415. The molecule has 1 saturated carbocycles. The van der Waals surface area contributed by atoms with E-state index in [0.29, 0.717) is 29.4 Å². The Kier molecular flexibility index (Phi) is 4.60. The Bertz CT molecular complexity index is 1020. The van der Waals surface area contributed by atoms with E-state index in [1.54, 1.807) is 24.3 Å². The second-order valence-corrected chi connectivity index (χ2v) is 6.64. The first-order valence-corrected chi connectivity index (χ1v) is 9.13. The van der Waals surface area contributed by atoms with Crippen LogP contribution in [0.5, 0.6) is 5.75 Å². The molecule has 0 unspecified atom stereocenters. The van der Waals surface area contributed by atoms with E-state index in [-0.39, 0.29) is 17.5 Å². The van der Waals surface area contributed by atoms with E-state index in [1.807, 2.05) is 13.0 Å². The van der Waals surface area contributed by atoms with Crippen molar-refractivity contribution in [3.63, 3.8) is 0 Å². The third kappa shape index (κ3) is 3.48. The van der Waals surface area contributed by atoms with Gasteiger partial charge in [-0.25, -0.2) is 4.79 Å². The zero-order chi connectivity index (χ0) is 19.7. The summed E-state index contributed by atoms with van der Waals surface area (Å²) in [6.07, 6.45) is 3.46. The van der Waals surface area contributed by atoms with E-state index in [9.17, 15) is 14.7 Å². The van der Waals surface area contributed by atoms with Gasteiger partial charge in [-0.3, -0.25) is 4.79 Å². The lowest BCUT2D eigenvalue weighted by molar-refractivity contribution is 0.0996. The first kappa shape index (κ1) is 17.8.